The number of imidazole rings is 2. The molecule has 0 aromatic carbocycles. The SMILES string of the molecule is COP1(=O)OCC2OC(n3cnc4c(N)ncnc43)C(OP(=O)(OCOC(=O)OC(C)C)OCC3=C(O1)C(F)C(n1cnc4c(N)ncnc41)O3)C2O. The molecule has 7 heterocycles. The van der Waals surface area contributed by atoms with Crippen molar-refractivity contribution < 1.29 is 69.5 Å². The quantitative estimate of drug-likeness (QED) is 0.137. The number of nitrogen functional groups attached to an aromatic ring is 2. The minimum Gasteiger partial charge on any atom is -0.465 e. The lowest BCUT2D eigenvalue weighted by Crippen LogP contribution is -2.35. The van der Waals surface area contributed by atoms with Gasteiger partial charge in [-0.3, -0.25) is 27.2 Å². The second-order valence-electron chi connectivity index (χ2n) is 11.5. The molecule has 0 amide bonds. The Bertz CT molecular complexity index is 2150. The maximum Gasteiger partial charge on any atom is 0.529 e. The number of alkyl halides is 1. The van der Waals surface area contributed by atoms with E-state index in [1.165, 1.54) is 17.2 Å². The molecule has 8 atom stereocenters. The molecule has 0 saturated carbocycles. The predicted octanol–water partition coefficient (Wildman–Crippen LogP) is 2.01. The van der Waals surface area contributed by atoms with E-state index in [1.807, 2.05) is 0 Å². The van der Waals surface area contributed by atoms with Crippen molar-refractivity contribution in [3.63, 3.8) is 0 Å². The third-order valence-corrected chi connectivity index (χ3v) is 10.5. The largest absolute Gasteiger partial charge is 0.529 e. The molecule has 27 heteroatoms. The Morgan fingerprint density at radius 2 is 1.64 bits per heavy atom. The van der Waals surface area contributed by atoms with E-state index in [4.69, 9.17) is 57.6 Å². The molecule has 4 aromatic rings. The first kappa shape index (κ1) is 36.8. The number of ether oxygens (including phenoxy) is 4. The maximum atomic E-state index is 16.4. The Kier molecular flexibility index (Phi) is 9.95. The molecule has 1 saturated heterocycles. The zero-order valence-corrected chi connectivity index (χ0v) is 29.5. The van der Waals surface area contributed by atoms with E-state index >= 15 is 4.39 Å². The van der Waals surface area contributed by atoms with Crippen molar-refractivity contribution in [2.45, 2.75) is 56.9 Å². The van der Waals surface area contributed by atoms with Gasteiger partial charge in [-0.15, -0.1) is 0 Å². The summed E-state index contributed by atoms with van der Waals surface area (Å²) in [5.74, 6) is -1.28. The standard InChI is InChI=1S/C26H31FN10O14P2/c1-11(2)47-26(39)43-10-46-53(41)45-5-13-18(14(27)24(49-13)36-8-34-15-20(28)30-6-32-22(15)36)50-52(40,42-3)44-4-12-17(38)19(51-53)25(48-12)37-9-35-16-21(29)31-7-33-23(16)37/h6-9,11-12,14,17,19,24-25,38H,4-5,10H2,1-3H3,(H2,28,30,32)(H2,29,31,33). The lowest BCUT2D eigenvalue weighted by molar-refractivity contribution is -0.0604. The lowest BCUT2D eigenvalue weighted by atomic mass is 10.1. The Morgan fingerprint density at radius 1 is 1.00 bits per heavy atom. The summed E-state index contributed by atoms with van der Waals surface area (Å²) in [5.41, 5.74) is 12.3. The molecule has 0 radical (unpaired) electrons. The van der Waals surface area contributed by atoms with Gasteiger partial charge in [-0.05, 0) is 13.8 Å². The normalized spacial score (nSPS) is 30.7. The van der Waals surface area contributed by atoms with Gasteiger partial charge in [0.1, 0.15) is 54.9 Å². The van der Waals surface area contributed by atoms with Gasteiger partial charge in [0.05, 0.1) is 19.0 Å². The highest BCUT2D eigenvalue weighted by Crippen LogP contribution is 2.58. The number of halogens is 1. The third-order valence-electron chi connectivity index (χ3n) is 7.83. The van der Waals surface area contributed by atoms with Crippen LogP contribution >= 0.6 is 15.6 Å². The number of aliphatic hydroxyl groups excluding tert-OH is 1. The number of phosphoric ester groups is 2. The van der Waals surface area contributed by atoms with Crippen LogP contribution in [0.1, 0.15) is 26.3 Å². The monoisotopic (exact) mass is 788 g/mol. The molecule has 3 aliphatic rings. The molecular formula is C26H31FN10O14P2. The highest BCUT2D eigenvalue weighted by atomic mass is 31.2. The Labute approximate surface area is 296 Å². The number of nitrogens with two attached hydrogens (primary N) is 2. The minimum absolute atomic E-state index is 0.00596. The maximum absolute atomic E-state index is 16.4. The van der Waals surface area contributed by atoms with Gasteiger partial charge in [0.2, 0.25) is 19.2 Å². The number of aliphatic hydroxyl groups is 1. The van der Waals surface area contributed by atoms with Crippen LogP contribution in [0.3, 0.4) is 0 Å². The lowest BCUT2D eigenvalue weighted by Gasteiger charge is -2.26. The fourth-order valence-corrected chi connectivity index (χ4v) is 7.59. The molecule has 1 fully saturated rings. The van der Waals surface area contributed by atoms with Gasteiger partial charge in [0.25, 0.3) is 0 Å². The van der Waals surface area contributed by atoms with Crippen LogP contribution in [0.15, 0.2) is 36.8 Å². The minimum atomic E-state index is -5.05. The second kappa shape index (κ2) is 14.3. The number of carbonyl (C=O) groups is 1. The van der Waals surface area contributed by atoms with Crippen molar-refractivity contribution in [1.29, 1.82) is 0 Å². The molecular weight excluding hydrogens is 757 g/mol. The number of hydrogen-bond donors (Lipinski definition) is 3. The van der Waals surface area contributed by atoms with Crippen LogP contribution < -0.4 is 11.5 Å². The molecule has 5 N–H and O–H groups in total. The zero-order valence-electron chi connectivity index (χ0n) is 27.7. The summed E-state index contributed by atoms with van der Waals surface area (Å²) in [4.78, 5) is 36.4. The van der Waals surface area contributed by atoms with Crippen LogP contribution in [0, 0.1) is 0 Å². The first-order chi connectivity index (χ1) is 25.3. The van der Waals surface area contributed by atoms with Crippen LogP contribution in [-0.2, 0) is 55.2 Å². The molecule has 8 unspecified atom stereocenters. The first-order valence-electron chi connectivity index (χ1n) is 15.4. The summed E-state index contributed by atoms with van der Waals surface area (Å²) in [5, 5.41) is 11.4. The summed E-state index contributed by atoms with van der Waals surface area (Å²) >= 11 is 0. The number of fused-ring (bicyclic) bond motifs is 4. The van der Waals surface area contributed by atoms with Gasteiger partial charge in [-0.25, -0.2) is 52.7 Å². The van der Waals surface area contributed by atoms with E-state index < -0.39 is 96.4 Å². The molecule has 0 aliphatic carbocycles. The van der Waals surface area contributed by atoms with Crippen LogP contribution in [0.2, 0.25) is 0 Å². The molecule has 4 aromatic heterocycles. The molecule has 2 bridgehead atoms. The fourth-order valence-electron chi connectivity index (χ4n) is 5.41. The Hall–Kier alpha value is -4.58. The average Bonchev–Trinajstić information content (AvgIpc) is 3.88. The number of phosphoric acid groups is 2. The van der Waals surface area contributed by atoms with Gasteiger partial charge in [-0.1, -0.05) is 0 Å². The van der Waals surface area contributed by atoms with E-state index in [1.54, 1.807) is 13.8 Å². The van der Waals surface area contributed by atoms with Crippen molar-refractivity contribution >= 4 is 55.8 Å². The van der Waals surface area contributed by atoms with Gasteiger partial charge >= 0.3 is 21.8 Å². The van der Waals surface area contributed by atoms with Gasteiger partial charge < -0.3 is 40.0 Å². The van der Waals surface area contributed by atoms with E-state index in [9.17, 15) is 19.0 Å². The van der Waals surface area contributed by atoms with Gasteiger partial charge in [-0.2, -0.15) is 0 Å². The van der Waals surface area contributed by atoms with E-state index in [0.717, 1.165) is 24.3 Å². The molecule has 7 rings (SSSR count). The second-order valence-corrected chi connectivity index (χ2v) is 14.9. The molecule has 53 heavy (non-hydrogen) atoms. The van der Waals surface area contributed by atoms with E-state index in [0.29, 0.717) is 0 Å². The summed E-state index contributed by atoms with van der Waals surface area (Å²) < 4.78 is 101. The summed E-state index contributed by atoms with van der Waals surface area (Å²) in [6.07, 6.45) is -7.26. The van der Waals surface area contributed by atoms with Crippen LogP contribution in [0.4, 0.5) is 20.8 Å². The van der Waals surface area contributed by atoms with Crippen LogP contribution in [0.25, 0.3) is 22.3 Å². The van der Waals surface area contributed by atoms with Crippen LogP contribution in [-0.4, -0.2) is 108 Å². The summed E-state index contributed by atoms with van der Waals surface area (Å²) in [6.45, 7) is 0.365. The third kappa shape index (κ3) is 7.10. The van der Waals surface area contributed by atoms with Gasteiger partial charge in [0.15, 0.2) is 40.7 Å². The van der Waals surface area contributed by atoms with Gasteiger partial charge in [0, 0.05) is 7.11 Å². The molecule has 286 valence electrons. The number of hydrogen-bond acceptors (Lipinski definition) is 22. The molecule has 0 spiro atoms. The van der Waals surface area contributed by atoms with Crippen molar-refractivity contribution in [3.05, 3.63) is 36.8 Å². The smallest absolute Gasteiger partial charge is 0.465 e. The topological polar surface area (TPSA) is 303 Å². The van der Waals surface area contributed by atoms with E-state index in [-0.39, 0.29) is 34.0 Å². The van der Waals surface area contributed by atoms with E-state index in [2.05, 4.69) is 29.9 Å². The van der Waals surface area contributed by atoms with Crippen molar-refractivity contribution in [2.24, 2.45) is 0 Å². The Morgan fingerprint density at radius 3 is 2.26 bits per heavy atom. The summed E-state index contributed by atoms with van der Waals surface area (Å²) in [6, 6.07) is 0. The molecule has 3 aliphatic heterocycles. The number of rotatable bonds is 7. The number of nitrogens with zero attached hydrogens (tertiary/aromatic N) is 8. The number of anilines is 2. The van der Waals surface area contributed by atoms with Crippen LogP contribution in [0.5, 0.6) is 0 Å². The Balaban J connectivity index is 1.25. The average molecular weight is 789 g/mol. The highest BCUT2D eigenvalue weighted by Gasteiger charge is 2.53. The predicted molar refractivity (Wildman–Crippen MR) is 170 cm³/mol. The van der Waals surface area contributed by atoms with Crippen molar-refractivity contribution in [2.75, 3.05) is 38.6 Å². The summed E-state index contributed by atoms with van der Waals surface area (Å²) in [7, 11) is -8.83. The van der Waals surface area contributed by atoms with Crippen molar-refractivity contribution in [1.82, 2.24) is 39.0 Å². The highest BCUT2D eigenvalue weighted by molar-refractivity contribution is 7.48. The zero-order chi connectivity index (χ0) is 37.7. The number of aromatic nitrogens is 8. The first-order valence-corrected chi connectivity index (χ1v) is 18.4. The fraction of sp³-hybridized carbons (Fsp3) is 0.500. The number of carbonyl (C=O) groups excluding carboxylic acids is 1. The van der Waals surface area contributed by atoms with Crippen molar-refractivity contribution in [3.8, 4) is 0 Å². The molecule has 24 nitrogen and oxygen atoms in total.